The van der Waals surface area contributed by atoms with E-state index in [9.17, 15) is 9.59 Å². The van der Waals surface area contributed by atoms with Crippen molar-refractivity contribution in [2.45, 2.75) is 20.3 Å². The van der Waals surface area contributed by atoms with E-state index in [2.05, 4.69) is 5.32 Å². The molecule has 0 unspecified atom stereocenters. The van der Waals surface area contributed by atoms with E-state index in [4.69, 9.17) is 4.99 Å². The molecule has 0 saturated heterocycles. The summed E-state index contributed by atoms with van der Waals surface area (Å²) < 4.78 is 0. The molecule has 1 aliphatic rings. The molecule has 1 N–H and O–H groups in total. The van der Waals surface area contributed by atoms with Crippen LogP contribution in [-0.2, 0) is 9.59 Å². The van der Waals surface area contributed by atoms with Gasteiger partial charge in [0, 0.05) is 10.6 Å². The van der Waals surface area contributed by atoms with Gasteiger partial charge in [-0.15, -0.1) is 11.3 Å². The van der Waals surface area contributed by atoms with E-state index in [1.165, 1.54) is 4.90 Å². The molecule has 2 amide bonds. The molecule has 0 radical (unpaired) electrons. The van der Waals surface area contributed by atoms with Crippen molar-refractivity contribution in [3.63, 3.8) is 0 Å². The maximum atomic E-state index is 13.0. The lowest BCUT2D eigenvalue weighted by atomic mass is 10.1. The maximum absolute atomic E-state index is 13.0. The fourth-order valence-corrected chi connectivity index (χ4v) is 3.98. The number of para-hydroxylation sites is 2. The second-order valence-electron chi connectivity index (χ2n) is 7.03. The Labute approximate surface area is 173 Å². The number of hydrogen-bond acceptors (Lipinski definition) is 4. The minimum atomic E-state index is -0.240. The summed E-state index contributed by atoms with van der Waals surface area (Å²) in [5, 5.41) is 4.87. The van der Waals surface area contributed by atoms with Crippen LogP contribution in [0.2, 0.25) is 0 Å². The quantitative estimate of drug-likeness (QED) is 0.676. The van der Waals surface area contributed by atoms with Crippen LogP contribution in [0.4, 0.5) is 17.1 Å². The molecule has 5 nitrogen and oxygen atoms in total. The van der Waals surface area contributed by atoms with Crippen molar-refractivity contribution in [3.05, 3.63) is 76.0 Å². The number of carbonyl (C=O) groups excluding carboxylic acids is 2. The Balaban J connectivity index is 1.59. The second-order valence-corrected chi connectivity index (χ2v) is 7.98. The number of carbonyl (C=O) groups is 2. The monoisotopic (exact) mass is 403 g/mol. The Kier molecular flexibility index (Phi) is 5.27. The van der Waals surface area contributed by atoms with Gasteiger partial charge in [0.1, 0.15) is 6.54 Å². The lowest BCUT2D eigenvalue weighted by molar-refractivity contribution is -0.120. The van der Waals surface area contributed by atoms with Gasteiger partial charge in [-0.1, -0.05) is 24.3 Å². The van der Waals surface area contributed by atoms with E-state index in [0.717, 1.165) is 27.4 Å². The van der Waals surface area contributed by atoms with E-state index in [1.54, 1.807) is 11.3 Å². The summed E-state index contributed by atoms with van der Waals surface area (Å²) in [6.45, 7) is 3.97. The zero-order valence-corrected chi connectivity index (χ0v) is 17.1. The van der Waals surface area contributed by atoms with Crippen LogP contribution in [0.5, 0.6) is 0 Å². The van der Waals surface area contributed by atoms with Crippen molar-refractivity contribution in [2.75, 3.05) is 16.8 Å². The van der Waals surface area contributed by atoms with E-state index in [1.807, 2.05) is 73.8 Å². The molecule has 0 atom stereocenters. The number of amides is 2. The van der Waals surface area contributed by atoms with Crippen molar-refractivity contribution >= 4 is 45.9 Å². The molecule has 2 aromatic carbocycles. The molecule has 0 saturated carbocycles. The van der Waals surface area contributed by atoms with Crippen LogP contribution in [0.15, 0.2) is 65.0 Å². The second kappa shape index (κ2) is 8.01. The molecular formula is C23H21N3O2S. The molecule has 0 fully saturated rings. The number of nitrogens with one attached hydrogen (secondary N) is 1. The number of hydrogen-bond donors (Lipinski definition) is 1. The van der Waals surface area contributed by atoms with Gasteiger partial charge in [0.2, 0.25) is 11.8 Å². The number of aryl methyl sites for hydroxylation is 2. The molecule has 0 aliphatic carbocycles. The highest BCUT2D eigenvalue weighted by Gasteiger charge is 2.26. The molecule has 1 aliphatic heterocycles. The molecule has 1 aromatic heterocycles. The topological polar surface area (TPSA) is 61.8 Å². The lowest BCUT2D eigenvalue weighted by Crippen LogP contribution is -2.38. The van der Waals surface area contributed by atoms with Crippen molar-refractivity contribution in [3.8, 4) is 0 Å². The number of aliphatic imine (C=N–C) groups is 1. The van der Waals surface area contributed by atoms with E-state index < -0.39 is 0 Å². The number of anilines is 2. The van der Waals surface area contributed by atoms with Crippen molar-refractivity contribution in [1.82, 2.24) is 0 Å². The molecule has 146 valence electrons. The minimum absolute atomic E-state index is 0.0595. The van der Waals surface area contributed by atoms with Gasteiger partial charge >= 0.3 is 0 Å². The Morgan fingerprint density at radius 2 is 1.93 bits per heavy atom. The summed E-state index contributed by atoms with van der Waals surface area (Å²) in [6, 6.07) is 17.1. The number of nitrogens with zero attached hydrogens (tertiary/aromatic N) is 2. The predicted molar refractivity (Wildman–Crippen MR) is 118 cm³/mol. The summed E-state index contributed by atoms with van der Waals surface area (Å²) in [6.07, 6.45) is 0.159. The van der Waals surface area contributed by atoms with Crippen molar-refractivity contribution in [2.24, 2.45) is 4.99 Å². The van der Waals surface area contributed by atoms with E-state index in [-0.39, 0.29) is 24.8 Å². The molecule has 4 rings (SSSR count). The third kappa shape index (κ3) is 4.12. The van der Waals surface area contributed by atoms with Crippen LogP contribution in [-0.4, -0.2) is 24.1 Å². The Morgan fingerprint density at radius 3 is 2.69 bits per heavy atom. The van der Waals surface area contributed by atoms with Gasteiger partial charge in [0.05, 0.1) is 23.5 Å². The lowest BCUT2D eigenvalue weighted by Gasteiger charge is -2.22. The minimum Gasteiger partial charge on any atom is -0.325 e. The summed E-state index contributed by atoms with van der Waals surface area (Å²) >= 11 is 1.55. The Hall–Kier alpha value is -3.25. The standard InChI is InChI=1S/C23H21N3O2S/c1-15-9-10-17(12-16(15)2)24-22(27)14-26-20-7-4-3-6-18(20)25-19(13-23(26)28)21-8-5-11-29-21/h3-12H,13-14H2,1-2H3,(H,24,27). The molecule has 0 bridgehead atoms. The average molecular weight is 404 g/mol. The van der Waals surface area contributed by atoms with Crippen LogP contribution in [0.1, 0.15) is 22.4 Å². The average Bonchev–Trinajstić information content (AvgIpc) is 3.19. The third-order valence-corrected chi connectivity index (χ3v) is 5.86. The van der Waals surface area contributed by atoms with Gasteiger partial charge in [-0.05, 0) is 60.7 Å². The fourth-order valence-electron chi connectivity index (χ4n) is 3.27. The largest absolute Gasteiger partial charge is 0.325 e. The Bertz CT molecular complexity index is 1100. The van der Waals surface area contributed by atoms with Gasteiger partial charge < -0.3 is 10.2 Å². The van der Waals surface area contributed by atoms with Gasteiger partial charge in [-0.25, -0.2) is 4.99 Å². The number of thiophene rings is 1. The van der Waals surface area contributed by atoms with Crippen LogP contribution < -0.4 is 10.2 Å². The molecule has 0 spiro atoms. The fraction of sp³-hybridized carbons (Fsp3) is 0.174. The molecular weight excluding hydrogens is 382 g/mol. The number of benzene rings is 2. The summed E-state index contributed by atoms with van der Waals surface area (Å²) in [5.74, 6) is -0.381. The smallest absolute Gasteiger partial charge is 0.244 e. The molecule has 2 heterocycles. The highest BCUT2D eigenvalue weighted by molar-refractivity contribution is 7.12. The van der Waals surface area contributed by atoms with Gasteiger partial charge in [0.15, 0.2) is 0 Å². The predicted octanol–water partition coefficient (Wildman–Crippen LogP) is 4.86. The number of rotatable bonds is 4. The zero-order valence-electron chi connectivity index (χ0n) is 16.3. The van der Waals surface area contributed by atoms with Crippen LogP contribution in [0, 0.1) is 13.8 Å². The van der Waals surface area contributed by atoms with Gasteiger partial charge in [-0.3, -0.25) is 9.59 Å². The SMILES string of the molecule is Cc1ccc(NC(=O)CN2C(=O)CC(c3cccs3)=Nc3ccccc32)cc1C. The first kappa shape index (κ1) is 19.1. The van der Waals surface area contributed by atoms with E-state index in [0.29, 0.717) is 11.4 Å². The van der Waals surface area contributed by atoms with Crippen LogP contribution >= 0.6 is 11.3 Å². The van der Waals surface area contributed by atoms with Crippen molar-refractivity contribution in [1.29, 1.82) is 0 Å². The van der Waals surface area contributed by atoms with E-state index >= 15 is 0 Å². The normalized spacial score (nSPS) is 13.5. The van der Waals surface area contributed by atoms with Gasteiger partial charge in [-0.2, -0.15) is 0 Å². The summed E-state index contributed by atoms with van der Waals surface area (Å²) in [4.78, 5) is 33.0. The molecule has 3 aromatic rings. The highest BCUT2D eigenvalue weighted by atomic mass is 32.1. The van der Waals surface area contributed by atoms with Gasteiger partial charge in [0.25, 0.3) is 0 Å². The summed E-state index contributed by atoms with van der Waals surface area (Å²) in [7, 11) is 0. The first-order valence-electron chi connectivity index (χ1n) is 9.39. The Morgan fingerprint density at radius 1 is 1.10 bits per heavy atom. The number of fused-ring (bicyclic) bond motifs is 1. The molecule has 6 heteroatoms. The maximum Gasteiger partial charge on any atom is 0.244 e. The first-order chi connectivity index (χ1) is 14.0. The third-order valence-electron chi connectivity index (χ3n) is 4.95. The summed E-state index contributed by atoms with van der Waals surface area (Å²) in [5.41, 5.74) is 5.07. The highest BCUT2D eigenvalue weighted by Crippen LogP contribution is 2.33. The van der Waals surface area contributed by atoms with Crippen LogP contribution in [0.3, 0.4) is 0 Å². The van der Waals surface area contributed by atoms with Crippen molar-refractivity contribution < 1.29 is 9.59 Å². The first-order valence-corrected chi connectivity index (χ1v) is 10.3. The zero-order chi connectivity index (χ0) is 20.4. The van der Waals surface area contributed by atoms with Crippen LogP contribution in [0.25, 0.3) is 0 Å². The molecule has 29 heavy (non-hydrogen) atoms.